The maximum absolute atomic E-state index is 14.6. The Bertz CT molecular complexity index is 1110. The fraction of sp³-hybridized carbons (Fsp3) is 0.200. The first-order valence-corrected chi connectivity index (χ1v) is 10.2. The van der Waals surface area contributed by atoms with Crippen LogP contribution in [0.1, 0.15) is 24.5 Å². The average Bonchev–Trinajstić information content (AvgIpc) is 2.75. The van der Waals surface area contributed by atoms with Crippen molar-refractivity contribution in [1.29, 1.82) is 0 Å². The molecule has 0 atom stereocenters. The number of ether oxygens (including phenoxy) is 2. The molecule has 3 rings (SSSR count). The summed E-state index contributed by atoms with van der Waals surface area (Å²) >= 11 is 0. The lowest BCUT2D eigenvalue weighted by atomic mass is 10.0. The molecule has 9 heteroatoms. The van der Waals surface area contributed by atoms with Crippen molar-refractivity contribution in [2.75, 3.05) is 0 Å². The van der Waals surface area contributed by atoms with Crippen molar-refractivity contribution < 1.29 is 40.2 Å². The van der Waals surface area contributed by atoms with E-state index in [0.29, 0.717) is 17.7 Å². The number of alkyl halides is 5. The third kappa shape index (κ3) is 6.52. The minimum Gasteiger partial charge on any atom is -0.459 e. The van der Waals surface area contributed by atoms with E-state index in [-0.39, 0.29) is 12.3 Å². The number of aryl methyl sites for hydroxylation is 1. The minimum absolute atomic E-state index is 0.0372. The zero-order valence-electron chi connectivity index (χ0n) is 17.8. The van der Waals surface area contributed by atoms with E-state index in [2.05, 4.69) is 16.4 Å². The quantitative estimate of drug-likeness (QED) is 0.237. The van der Waals surface area contributed by atoms with Gasteiger partial charge in [0.1, 0.15) is 5.75 Å². The van der Waals surface area contributed by atoms with E-state index in [1.807, 2.05) is 24.3 Å². The van der Waals surface area contributed by atoms with E-state index in [0.717, 1.165) is 36.1 Å². The van der Waals surface area contributed by atoms with Crippen LogP contribution < -0.4 is 9.47 Å². The maximum Gasteiger partial charge on any atom is 0.426 e. The molecule has 0 bridgehead atoms. The predicted octanol–water partition coefficient (Wildman–Crippen LogP) is 8.17. The highest BCUT2D eigenvalue weighted by Crippen LogP contribution is 2.35. The van der Waals surface area contributed by atoms with E-state index in [1.54, 1.807) is 0 Å². The van der Waals surface area contributed by atoms with Crippen LogP contribution in [0.4, 0.5) is 30.7 Å². The van der Waals surface area contributed by atoms with Gasteiger partial charge in [0.15, 0.2) is 17.4 Å². The van der Waals surface area contributed by atoms with E-state index in [4.69, 9.17) is 0 Å². The molecule has 2 nitrogen and oxygen atoms in total. The van der Waals surface area contributed by atoms with E-state index < -0.39 is 41.0 Å². The van der Waals surface area contributed by atoms with Gasteiger partial charge in [0, 0.05) is 12.1 Å². The van der Waals surface area contributed by atoms with Gasteiger partial charge in [0.05, 0.1) is 17.9 Å². The highest BCUT2D eigenvalue weighted by Gasteiger charge is 2.35. The predicted molar refractivity (Wildman–Crippen MR) is 113 cm³/mol. The first kappa shape index (κ1) is 25.1. The summed E-state index contributed by atoms with van der Waals surface area (Å²) in [7, 11) is 0. The molecule has 0 spiro atoms. The molecule has 34 heavy (non-hydrogen) atoms. The molecule has 0 heterocycles. The van der Waals surface area contributed by atoms with Crippen LogP contribution >= 0.6 is 0 Å². The van der Waals surface area contributed by atoms with Gasteiger partial charge in [-0.25, -0.2) is 8.78 Å². The topological polar surface area (TPSA) is 18.5 Å². The number of hydrogen-bond acceptors (Lipinski definition) is 2. The fourth-order valence-electron chi connectivity index (χ4n) is 3.10. The Kier molecular flexibility index (Phi) is 7.54. The van der Waals surface area contributed by atoms with Gasteiger partial charge < -0.3 is 9.47 Å². The molecule has 3 aromatic rings. The summed E-state index contributed by atoms with van der Waals surface area (Å²) in [6, 6.07) is 13.6. The second-order valence-electron chi connectivity index (χ2n) is 7.32. The summed E-state index contributed by atoms with van der Waals surface area (Å²) in [5.74, 6) is -5.09. The molecular formula is C25H19F7O2. The molecule has 0 amide bonds. The molecule has 0 fully saturated rings. The highest BCUT2D eigenvalue weighted by molar-refractivity contribution is 5.64. The smallest absolute Gasteiger partial charge is 0.426 e. The minimum atomic E-state index is -4.76. The molecule has 0 aliphatic carbocycles. The van der Waals surface area contributed by atoms with E-state index in [1.165, 1.54) is 12.1 Å². The largest absolute Gasteiger partial charge is 0.459 e. The van der Waals surface area contributed by atoms with Crippen LogP contribution in [0.25, 0.3) is 11.1 Å². The molecule has 0 N–H and O–H groups in total. The third-order valence-electron chi connectivity index (χ3n) is 4.71. The molecule has 0 radical (unpaired) electrons. The SMILES string of the molecule is CCCc1ccc(-c2ccc(C(F)(F)Oc3cc(F)c(O/C=C/C(F)(F)F)c(F)c3)cc2)cc1. The third-order valence-corrected chi connectivity index (χ3v) is 4.71. The Hall–Kier alpha value is -3.49. The van der Waals surface area contributed by atoms with Crippen molar-refractivity contribution in [3.05, 3.63) is 95.8 Å². The molecule has 0 aliphatic rings. The molecule has 0 aliphatic heterocycles. The number of benzene rings is 3. The summed E-state index contributed by atoms with van der Waals surface area (Å²) in [4.78, 5) is 0. The van der Waals surface area contributed by atoms with Crippen LogP contribution in [0.2, 0.25) is 0 Å². The van der Waals surface area contributed by atoms with Gasteiger partial charge >= 0.3 is 12.3 Å². The van der Waals surface area contributed by atoms with Crippen molar-refractivity contribution >= 4 is 0 Å². The van der Waals surface area contributed by atoms with Gasteiger partial charge in [-0.1, -0.05) is 49.7 Å². The Labute approximate surface area is 191 Å². The van der Waals surface area contributed by atoms with Crippen molar-refractivity contribution in [3.63, 3.8) is 0 Å². The van der Waals surface area contributed by atoms with Gasteiger partial charge in [-0.05, 0) is 35.2 Å². The standard InChI is InChI=1S/C25H19F7O2/c1-2-3-16-4-6-17(7-5-16)18-8-10-19(11-9-18)25(31,32)34-20-14-21(26)23(22(27)15-20)33-13-12-24(28,29)30/h4-15H,2-3H2,1H3/b13-12+. The molecular weight excluding hydrogens is 465 g/mol. The summed E-state index contributed by atoms with van der Waals surface area (Å²) in [5.41, 5.74) is 2.12. The molecule has 180 valence electrons. The van der Waals surface area contributed by atoms with Gasteiger partial charge in [-0.15, -0.1) is 0 Å². The van der Waals surface area contributed by atoms with E-state index in [9.17, 15) is 30.7 Å². The lowest BCUT2D eigenvalue weighted by Crippen LogP contribution is -2.22. The number of allylic oxidation sites excluding steroid dienone is 1. The Morgan fingerprint density at radius 3 is 1.82 bits per heavy atom. The van der Waals surface area contributed by atoms with Crippen molar-refractivity contribution in [3.8, 4) is 22.6 Å². The second kappa shape index (κ2) is 10.2. The van der Waals surface area contributed by atoms with E-state index >= 15 is 0 Å². The first-order chi connectivity index (χ1) is 16.0. The number of halogens is 7. The highest BCUT2D eigenvalue weighted by atomic mass is 19.4. The zero-order chi connectivity index (χ0) is 24.9. The van der Waals surface area contributed by atoms with Crippen LogP contribution in [0, 0.1) is 11.6 Å². The van der Waals surface area contributed by atoms with Crippen molar-refractivity contribution in [2.45, 2.75) is 32.1 Å². The van der Waals surface area contributed by atoms with Crippen molar-refractivity contribution in [1.82, 2.24) is 0 Å². The van der Waals surface area contributed by atoms with Crippen LogP contribution in [0.15, 0.2) is 73.0 Å². The summed E-state index contributed by atoms with van der Waals surface area (Å²) in [5, 5.41) is 0. The second-order valence-corrected chi connectivity index (χ2v) is 7.32. The zero-order valence-corrected chi connectivity index (χ0v) is 17.8. The summed E-state index contributed by atoms with van der Waals surface area (Å²) in [6.07, 6.45) is -7.11. The molecule has 0 saturated carbocycles. The van der Waals surface area contributed by atoms with Crippen molar-refractivity contribution in [2.24, 2.45) is 0 Å². The lowest BCUT2D eigenvalue weighted by molar-refractivity contribution is -0.185. The summed E-state index contributed by atoms with van der Waals surface area (Å²) in [6.45, 7) is 2.07. The van der Waals surface area contributed by atoms with Crippen LogP contribution in [-0.2, 0) is 12.5 Å². The average molecular weight is 484 g/mol. The number of rotatable bonds is 8. The molecule has 0 unspecified atom stereocenters. The van der Waals surface area contributed by atoms with Crippen LogP contribution in [0.3, 0.4) is 0 Å². The normalized spacial score (nSPS) is 12.2. The monoisotopic (exact) mass is 484 g/mol. The molecule has 0 saturated heterocycles. The van der Waals surface area contributed by atoms with Crippen LogP contribution in [0.5, 0.6) is 11.5 Å². The molecule has 0 aromatic heterocycles. The Morgan fingerprint density at radius 1 is 0.794 bits per heavy atom. The van der Waals surface area contributed by atoms with Gasteiger partial charge in [-0.3, -0.25) is 0 Å². The van der Waals surface area contributed by atoms with Gasteiger partial charge in [-0.2, -0.15) is 22.0 Å². The van der Waals surface area contributed by atoms with Crippen LogP contribution in [-0.4, -0.2) is 6.18 Å². The Morgan fingerprint density at radius 2 is 1.32 bits per heavy atom. The Balaban J connectivity index is 1.74. The lowest BCUT2D eigenvalue weighted by Gasteiger charge is -2.19. The maximum atomic E-state index is 14.6. The van der Waals surface area contributed by atoms with Gasteiger partial charge in [0.2, 0.25) is 0 Å². The van der Waals surface area contributed by atoms with Gasteiger partial charge in [0.25, 0.3) is 0 Å². The summed E-state index contributed by atoms with van der Waals surface area (Å²) < 4.78 is 102. The first-order valence-electron chi connectivity index (χ1n) is 10.2. The fourth-order valence-corrected chi connectivity index (χ4v) is 3.10. The molecule has 3 aromatic carbocycles. The number of hydrogen-bond donors (Lipinski definition) is 0.